The molecule has 0 radical (unpaired) electrons. The van der Waals surface area contributed by atoms with Gasteiger partial charge in [-0.25, -0.2) is 4.98 Å². The number of anilines is 1. The maximum Gasteiger partial charge on any atom is 0.267 e. The highest BCUT2D eigenvalue weighted by atomic mass is 16.5. The zero-order valence-corrected chi connectivity index (χ0v) is 20.6. The molecule has 0 unspecified atom stereocenters. The number of methoxy groups -OCH3 is 1. The van der Waals surface area contributed by atoms with E-state index in [9.17, 15) is 14.9 Å². The van der Waals surface area contributed by atoms with Crippen LogP contribution in [0.1, 0.15) is 16.7 Å². The number of nitrogens with one attached hydrogen (secondary N) is 1. The lowest BCUT2D eigenvalue weighted by molar-refractivity contribution is -0.117. The normalized spacial score (nSPS) is 14.6. The molecule has 1 aliphatic rings. The third kappa shape index (κ3) is 5.62. The Hall–Kier alpha value is -4.00. The minimum atomic E-state index is -0.554. The van der Waals surface area contributed by atoms with Crippen LogP contribution in [0.15, 0.2) is 59.0 Å². The molecule has 0 saturated carbocycles. The fourth-order valence-electron chi connectivity index (χ4n) is 4.28. The van der Waals surface area contributed by atoms with E-state index < -0.39 is 5.91 Å². The van der Waals surface area contributed by atoms with Crippen molar-refractivity contribution >= 4 is 23.4 Å². The van der Waals surface area contributed by atoms with Crippen molar-refractivity contribution in [2.45, 2.75) is 13.5 Å². The minimum absolute atomic E-state index is 0.151. The van der Waals surface area contributed by atoms with Gasteiger partial charge >= 0.3 is 0 Å². The average Bonchev–Trinajstić information content (AvgIpc) is 2.90. The highest BCUT2D eigenvalue weighted by molar-refractivity contribution is 6.02. The molecule has 1 N–H and O–H groups in total. The number of piperazine rings is 1. The van der Waals surface area contributed by atoms with Gasteiger partial charge < -0.3 is 15.0 Å². The first-order valence-corrected chi connectivity index (χ1v) is 11.9. The fourth-order valence-corrected chi connectivity index (χ4v) is 4.28. The van der Waals surface area contributed by atoms with Crippen LogP contribution in [0, 0.1) is 18.3 Å². The van der Waals surface area contributed by atoms with Gasteiger partial charge in [-0.2, -0.15) is 5.26 Å². The van der Waals surface area contributed by atoms with Gasteiger partial charge in [-0.1, -0.05) is 36.4 Å². The van der Waals surface area contributed by atoms with E-state index in [-0.39, 0.29) is 23.2 Å². The van der Waals surface area contributed by atoms with Crippen molar-refractivity contribution < 1.29 is 9.53 Å². The number of aromatic nitrogens is 2. The number of amides is 1. The molecule has 0 aliphatic carbocycles. The smallest absolute Gasteiger partial charge is 0.267 e. The lowest BCUT2D eigenvalue weighted by atomic mass is 10.1. The Morgan fingerprint density at radius 1 is 1.17 bits per heavy atom. The summed E-state index contributed by atoms with van der Waals surface area (Å²) in [7, 11) is 1.53. The molecule has 9 heteroatoms. The molecule has 1 saturated heterocycles. The third-order valence-corrected chi connectivity index (χ3v) is 6.23. The van der Waals surface area contributed by atoms with E-state index >= 15 is 0 Å². The first-order valence-electron chi connectivity index (χ1n) is 11.9. The molecule has 0 spiro atoms. The molecule has 1 amide bonds. The molecule has 3 heterocycles. The molecule has 4 rings (SSSR count). The molecule has 186 valence electrons. The zero-order chi connectivity index (χ0) is 25.5. The van der Waals surface area contributed by atoms with Crippen molar-refractivity contribution in [2.24, 2.45) is 0 Å². The van der Waals surface area contributed by atoms with Crippen LogP contribution in [-0.2, 0) is 16.1 Å². The van der Waals surface area contributed by atoms with Gasteiger partial charge in [0.15, 0.2) is 0 Å². The van der Waals surface area contributed by atoms with E-state index in [4.69, 9.17) is 9.72 Å². The maximum absolute atomic E-state index is 13.6. The number of hydrogen-bond acceptors (Lipinski definition) is 7. The SMILES string of the molecule is COCCNC(=O)C(C#N)=Cc1c(N2CCN(Cc3ccccc3)CC2)nc2c(C)cccn2c1=O. The van der Waals surface area contributed by atoms with Gasteiger partial charge in [-0.05, 0) is 30.2 Å². The van der Waals surface area contributed by atoms with Crippen molar-refractivity contribution in [3.05, 3.63) is 81.3 Å². The van der Waals surface area contributed by atoms with Gasteiger partial charge in [0.05, 0.1) is 12.2 Å². The standard InChI is InChI=1S/C27H30N6O3/c1-20-7-6-11-33-24(20)30-25(23(27(33)35)17-22(18-28)26(34)29-10-16-36-2)32-14-12-31(13-15-32)19-21-8-4-3-5-9-21/h3-9,11,17H,10,12-16,19H2,1-2H3,(H,29,34). The largest absolute Gasteiger partial charge is 0.383 e. The Morgan fingerprint density at radius 3 is 2.61 bits per heavy atom. The fraction of sp³-hybridized carbons (Fsp3) is 0.333. The Bertz CT molecular complexity index is 1350. The van der Waals surface area contributed by atoms with Crippen LogP contribution in [0.4, 0.5) is 5.82 Å². The zero-order valence-electron chi connectivity index (χ0n) is 20.6. The molecule has 1 aromatic carbocycles. The Morgan fingerprint density at radius 2 is 1.92 bits per heavy atom. The highest BCUT2D eigenvalue weighted by Crippen LogP contribution is 2.22. The second-order valence-electron chi connectivity index (χ2n) is 8.71. The Balaban J connectivity index is 1.67. The second-order valence-corrected chi connectivity index (χ2v) is 8.71. The number of nitrogens with zero attached hydrogens (tertiary/aromatic N) is 5. The summed E-state index contributed by atoms with van der Waals surface area (Å²) >= 11 is 0. The van der Waals surface area contributed by atoms with E-state index in [1.807, 2.05) is 37.3 Å². The number of benzene rings is 1. The van der Waals surface area contributed by atoms with E-state index in [2.05, 4.69) is 27.2 Å². The van der Waals surface area contributed by atoms with Gasteiger partial charge in [0, 0.05) is 52.6 Å². The lowest BCUT2D eigenvalue weighted by Gasteiger charge is -2.36. The molecular formula is C27H30N6O3. The third-order valence-electron chi connectivity index (χ3n) is 6.23. The molecular weight excluding hydrogens is 456 g/mol. The molecule has 36 heavy (non-hydrogen) atoms. The quantitative estimate of drug-likeness (QED) is 0.295. The van der Waals surface area contributed by atoms with Crippen LogP contribution in [-0.4, -0.2) is 66.6 Å². The number of aryl methyl sites for hydroxylation is 1. The molecule has 2 aromatic heterocycles. The molecule has 1 fully saturated rings. The van der Waals surface area contributed by atoms with Crippen LogP contribution < -0.4 is 15.8 Å². The van der Waals surface area contributed by atoms with Crippen LogP contribution in [0.3, 0.4) is 0 Å². The second kappa shape index (κ2) is 11.6. The number of ether oxygens (including phenoxy) is 1. The number of pyridine rings is 1. The summed E-state index contributed by atoms with van der Waals surface area (Å²) in [5.74, 6) is -0.0620. The van der Waals surface area contributed by atoms with Crippen molar-refractivity contribution in [3.63, 3.8) is 0 Å². The summed E-state index contributed by atoms with van der Waals surface area (Å²) in [4.78, 5) is 35.4. The van der Waals surface area contributed by atoms with Gasteiger partial charge in [0.1, 0.15) is 23.1 Å². The van der Waals surface area contributed by atoms with E-state index in [1.165, 1.54) is 23.1 Å². The van der Waals surface area contributed by atoms with Crippen molar-refractivity contribution in [1.29, 1.82) is 5.26 Å². The first-order chi connectivity index (χ1) is 17.5. The van der Waals surface area contributed by atoms with E-state index in [1.54, 1.807) is 12.3 Å². The van der Waals surface area contributed by atoms with Crippen molar-refractivity contribution in [1.82, 2.24) is 19.6 Å². The number of fused-ring (bicyclic) bond motifs is 1. The number of hydrogen-bond donors (Lipinski definition) is 1. The van der Waals surface area contributed by atoms with Crippen LogP contribution in [0.5, 0.6) is 0 Å². The number of carbonyl (C=O) groups is 1. The summed E-state index contributed by atoms with van der Waals surface area (Å²) in [5, 5.41) is 12.3. The number of carbonyl (C=O) groups excluding carboxylic acids is 1. The predicted octanol–water partition coefficient (Wildman–Crippen LogP) is 1.99. The van der Waals surface area contributed by atoms with E-state index in [0.717, 1.165) is 25.2 Å². The number of nitriles is 1. The van der Waals surface area contributed by atoms with Gasteiger partial charge in [0.2, 0.25) is 0 Å². The van der Waals surface area contributed by atoms with Gasteiger partial charge in [-0.3, -0.25) is 18.9 Å². The van der Waals surface area contributed by atoms with Gasteiger partial charge in [-0.15, -0.1) is 0 Å². The van der Waals surface area contributed by atoms with Crippen LogP contribution in [0.25, 0.3) is 11.7 Å². The van der Waals surface area contributed by atoms with Crippen LogP contribution in [0.2, 0.25) is 0 Å². The molecule has 9 nitrogen and oxygen atoms in total. The van der Waals surface area contributed by atoms with Gasteiger partial charge in [0.25, 0.3) is 11.5 Å². The summed E-state index contributed by atoms with van der Waals surface area (Å²) in [6, 6.07) is 15.9. The minimum Gasteiger partial charge on any atom is -0.383 e. The summed E-state index contributed by atoms with van der Waals surface area (Å²) in [5.41, 5.74) is 2.44. The number of rotatable bonds is 8. The molecule has 3 aromatic rings. The Labute approximate surface area is 210 Å². The molecule has 0 bridgehead atoms. The average molecular weight is 487 g/mol. The molecule has 0 atom stereocenters. The monoisotopic (exact) mass is 486 g/mol. The molecule has 1 aliphatic heterocycles. The first kappa shape index (κ1) is 25.1. The maximum atomic E-state index is 13.6. The summed E-state index contributed by atoms with van der Waals surface area (Å²) < 4.78 is 6.42. The highest BCUT2D eigenvalue weighted by Gasteiger charge is 2.24. The summed E-state index contributed by atoms with van der Waals surface area (Å²) in [6.07, 6.45) is 3.01. The van der Waals surface area contributed by atoms with Crippen molar-refractivity contribution in [3.8, 4) is 6.07 Å². The van der Waals surface area contributed by atoms with Crippen LogP contribution >= 0.6 is 0 Å². The lowest BCUT2D eigenvalue weighted by Crippen LogP contribution is -2.47. The van der Waals surface area contributed by atoms with E-state index in [0.29, 0.717) is 31.2 Å². The predicted molar refractivity (Wildman–Crippen MR) is 139 cm³/mol. The summed E-state index contributed by atoms with van der Waals surface area (Å²) in [6.45, 7) is 6.29. The topological polar surface area (TPSA) is 103 Å². The Kier molecular flexibility index (Phi) is 8.10. The van der Waals surface area contributed by atoms with Crippen molar-refractivity contribution in [2.75, 3.05) is 51.3 Å².